The molecule has 0 aliphatic carbocycles. The van der Waals surface area contributed by atoms with Gasteiger partial charge in [0.1, 0.15) is 12.4 Å². The van der Waals surface area contributed by atoms with Crippen LogP contribution in [0.3, 0.4) is 0 Å². The maximum absolute atomic E-state index is 2.32. The van der Waals surface area contributed by atoms with E-state index in [2.05, 4.69) is 121 Å². The smallest absolute Gasteiger partial charge is 0.221 e. The van der Waals surface area contributed by atoms with Crippen molar-refractivity contribution < 1.29 is 4.57 Å². The Kier molecular flexibility index (Phi) is 5.32. The summed E-state index contributed by atoms with van der Waals surface area (Å²) in [4.78, 5) is 2.64. The molecule has 0 aliphatic rings. The number of hydrogen-bond acceptors (Lipinski definition) is 2. The second-order valence-electron chi connectivity index (χ2n) is 7.65. The molecule has 0 saturated heterocycles. The number of nitrogens with zero attached hydrogens (tertiary/aromatic N) is 2. The molecule has 0 unspecified atom stereocenters. The minimum absolute atomic E-state index is 0.793. The van der Waals surface area contributed by atoms with Gasteiger partial charge in [0.05, 0.1) is 19.8 Å². The number of imidazole rings is 1. The first kappa shape index (κ1) is 19.3. The lowest BCUT2D eigenvalue weighted by atomic mass is 10.1. The van der Waals surface area contributed by atoms with Crippen LogP contribution in [-0.4, -0.2) is 9.84 Å². The molecule has 0 aliphatic heterocycles. The normalized spacial score (nSPS) is 11.6. The van der Waals surface area contributed by atoms with Crippen molar-refractivity contribution in [3.8, 4) is 0 Å². The van der Waals surface area contributed by atoms with Crippen LogP contribution >= 0.6 is 23.2 Å². The van der Waals surface area contributed by atoms with E-state index in [4.69, 9.17) is 0 Å². The van der Waals surface area contributed by atoms with Crippen LogP contribution in [0.2, 0.25) is 0 Å². The third kappa shape index (κ3) is 3.87. The van der Waals surface area contributed by atoms with Crippen molar-refractivity contribution in [2.24, 2.45) is 14.1 Å². The Morgan fingerprint density at radius 1 is 0.700 bits per heavy atom. The van der Waals surface area contributed by atoms with Gasteiger partial charge < -0.3 is 23.2 Å². The topological polar surface area (TPSA) is 8.81 Å². The van der Waals surface area contributed by atoms with Crippen molar-refractivity contribution in [2.45, 2.75) is 9.79 Å². The number of rotatable bonds is 5. The van der Waals surface area contributed by atoms with Crippen LogP contribution in [0.4, 0.5) is 0 Å². The second-order valence-corrected chi connectivity index (χ2v) is 10.7. The Balaban J connectivity index is 1.52. The van der Waals surface area contributed by atoms with Gasteiger partial charge in [0.2, 0.25) is 5.27 Å². The number of aromatic nitrogens is 2. The van der Waals surface area contributed by atoms with E-state index in [1.54, 1.807) is 0 Å². The van der Waals surface area contributed by atoms with E-state index >= 15 is 0 Å². The molecule has 5 rings (SSSR count). The van der Waals surface area contributed by atoms with Crippen molar-refractivity contribution in [2.75, 3.05) is 0 Å². The zero-order chi connectivity index (χ0) is 20.5. The van der Waals surface area contributed by atoms with E-state index < -0.39 is 5.27 Å². The Morgan fingerprint density at radius 3 is 1.67 bits per heavy atom. The lowest BCUT2D eigenvalue weighted by molar-refractivity contribution is -0.652. The molecule has 30 heavy (non-hydrogen) atoms. The highest BCUT2D eigenvalue weighted by Crippen LogP contribution is 2.34. The molecule has 0 N–H and O–H groups in total. The monoisotopic (exact) mass is 426 g/mol. The summed E-state index contributed by atoms with van der Waals surface area (Å²) in [5.41, 5.74) is 1.37. The fourth-order valence-electron chi connectivity index (χ4n) is 4.00. The highest BCUT2D eigenvalue weighted by molar-refractivity contribution is 8.55. The molecule has 1 aromatic heterocycles. The van der Waals surface area contributed by atoms with Crippen molar-refractivity contribution in [3.63, 3.8) is 0 Å². The van der Waals surface area contributed by atoms with Gasteiger partial charge in [-0.25, -0.2) is 0 Å². The zero-order valence-corrected chi connectivity index (χ0v) is 18.8. The lowest BCUT2D eigenvalue weighted by Crippen LogP contribution is -2.53. The molecule has 0 saturated carbocycles. The summed E-state index contributed by atoms with van der Waals surface area (Å²) in [7, 11) is 4.30. The highest BCUT2D eigenvalue weighted by Gasteiger charge is 2.20. The standard InChI is InChI=1S/C25H23BN2S2/c1-27-15-16-28(2)25(27)26(29-23-13-11-19-7-3-5-9-21(19)17-23)30-24-14-12-20-8-4-6-10-22(20)18-24/h3-18,26H,1-2H3. The molecule has 0 amide bonds. The predicted octanol–water partition coefficient (Wildman–Crippen LogP) is 5.17. The van der Waals surface area contributed by atoms with Crippen molar-refractivity contribution in [1.29, 1.82) is 0 Å². The minimum atomic E-state index is -0.793. The molecular weight excluding hydrogens is 403 g/mol. The molecule has 4 aromatic carbocycles. The number of fused-ring (bicyclic) bond motifs is 2. The Labute approximate surface area is 185 Å². The van der Waals surface area contributed by atoms with Crippen LogP contribution < -0.4 is 10.3 Å². The van der Waals surface area contributed by atoms with Crippen molar-refractivity contribution >= 4 is 55.8 Å². The summed E-state index contributed by atoms with van der Waals surface area (Å²) < 4.78 is 4.53. The van der Waals surface area contributed by atoms with E-state index in [0.717, 1.165) is 0 Å². The molecule has 2 nitrogen and oxygen atoms in total. The van der Waals surface area contributed by atoms with E-state index in [0.29, 0.717) is 0 Å². The van der Waals surface area contributed by atoms with Gasteiger partial charge in [-0.05, 0) is 43.5 Å². The Bertz CT molecular complexity index is 1240. The van der Waals surface area contributed by atoms with Crippen LogP contribution in [0, 0.1) is 0 Å². The molecule has 148 valence electrons. The largest absolute Gasteiger partial charge is 0.316 e. The molecule has 1 heterocycles. The highest BCUT2D eigenvalue weighted by atomic mass is 32.2. The maximum Gasteiger partial charge on any atom is 0.221 e. The summed E-state index contributed by atoms with van der Waals surface area (Å²) in [6.07, 6.45) is 4.30. The summed E-state index contributed by atoms with van der Waals surface area (Å²) >= 11 is 3.99. The van der Waals surface area contributed by atoms with Crippen LogP contribution in [0.15, 0.2) is 107 Å². The van der Waals surface area contributed by atoms with E-state index in [9.17, 15) is 0 Å². The molecular formula is C25H23BN2S2. The van der Waals surface area contributed by atoms with Gasteiger partial charge in [-0.2, -0.15) is 0 Å². The SMILES string of the molecule is Cn1cc[n+](C)c1[BH-](Sc1ccc2ccccc2c1)Sc1ccc2ccccc2c1. The first-order chi connectivity index (χ1) is 14.7. The lowest BCUT2D eigenvalue weighted by Gasteiger charge is -2.23. The molecule has 0 fully saturated rings. The summed E-state index contributed by atoms with van der Waals surface area (Å²) in [5, 5.41) is 4.39. The zero-order valence-electron chi connectivity index (χ0n) is 17.2. The fourth-order valence-corrected chi connectivity index (χ4v) is 7.48. The molecule has 5 aromatic rings. The first-order valence-electron chi connectivity index (χ1n) is 10.2. The van der Waals surface area contributed by atoms with Gasteiger partial charge in [-0.15, -0.1) is 0 Å². The molecule has 0 bridgehead atoms. The number of aryl methyl sites for hydroxylation is 2. The summed E-state index contributed by atoms with van der Waals surface area (Å²) in [6, 6.07) is 30.8. The fraction of sp³-hybridized carbons (Fsp3) is 0.0800. The average molecular weight is 426 g/mol. The van der Waals surface area contributed by atoms with Gasteiger partial charge in [-0.1, -0.05) is 72.8 Å². The first-order valence-corrected chi connectivity index (χ1v) is 12.1. The van der Waals surface area contributed by atoms with Gasteiger partial charge in [0.15, 0.2) is 0 Å². The summed E-state index contributed by atoms with van der Waals surface area (Å²) in [6.45, 7) is 0. The predicted molar refractivity (Wildman–Crippen MR) is 133 cm³/mol. The molecule has 0 atom stereocenters. The van der Waals surface area contributed by atoms with Crippen LogP contribution in [0.5, 0.6) is 0 Å². The third-order valence-corrected chi connectivity index (χ3v) is 8.55. The van der Waals surface area contributed by atoms with E-state index in [-0.39, 0.29) is 0 Å². The van der Waals surface area contributed by atoms with Crippen LogP contribution in [0.25, 0.3) is 21.5 Å². The molecule has 5 heteroatoms. The van der Waals surface area contributed by atoms with Crippen molar-refractivity contribution in [3.05, 3.63) is 97.3 Å². The Hall–Kier alpha value is -2.63. The number of benzene rings is 4. The average Bonchev–Trinajstić information content (AvgIpc) is 3.11. The second kappa shape index (κ2) is 8.25. The van der Waals surface area contributed by atoms with Gasteiger partial charge in [-0.3, -0.25) is 9.13 Å². The van der Waals surface area contributed by atoms with E-state index in [1.165, 1.54) is 37.1 Å². The van der Waals surface area contributed by atoms with Gasteiger partial charge in [0.25, 0.3) is 0 Å². The van der Waals surface area contributed by atoms with E-state index in [1.807, 2.05) is 23.2 Å². The van der Waals surface area contributed by atoms with Crippen LogP contribution in [-0.2, 0) is 14.1 Å². The molecule has 0 spiro atoms. The maximum atomic E-state index is 2.32. The van der Waals surface area contributed by atoms with Gasteiger partial charge in [0, 0.05) is 0 Å². The number of hydrogen-bond donors (Lipinski definition) is 0. The molecule has 0 radical (unpaired) electrons. The Morgan fingerprint density at radius 2 is 1.20 bits per heavy atom. The minimum Gasteiger partial charge on any atom is -0.316 e. The van der Waals surface area contributed by atoms with Crippen molar-refractivity contribution in [1.82, 2.24) is 4.57 Å². The van der Waals surface area contributed by atoms with Gasteiger partial charge >= 0.3 is 0 Å². The summed E-state index contributed by atoms with van der Waals surface area (Å²) in [5.74, 6) is 0. The quantitative estimate of drug-likeness (QED) is 0.283. The third-order valence-electron chi connectivity index (χ3n) is 5.62. The van der Waals surface area contributed by atoms with Crippen LogP contribution in [0.1, 0.15) is 0 Å².